The predicted octanol–water partition coefficient (Wildman–Crippen LogP) is 2.66. The van der Waals surface area contributed by atoms with E-state index in [0.29, 0.717) is 41.6 Å². The number of carbonyl (C=O) groups is 2. The molecular formula is C19H15N3O5. The number of hydrogen-bond donors (Lipinski definition) is 1. The van der Waals surface area contributed by atoms with Crippen LogP contribution < -0.4 is 10.1 Å². The van der Waals surface area contributed by atoms with E-state index in [9.17, 15) is 9.59 Å². The van der Waals surface area contributed by atoms with Gasteiger partial charge in [0.15, 0.2) is 11.3 Å². The van der Waals surface area contributed by atoms with Crippen molar-refractivity contribution in [3.63, 3.8) is 0 Å². The second kappa shape index (κ2) is 5.73. The first kappa shape index (κ1) is 15.7. The van der Waals surface area contributed by atoms with Crippen LogP contribution >= 0.6 is 0 Å². The largest absolute Gasteiger partial charge is 0.493 e. The number of benzene rings is 1. The topological polar surface area (TPSA) is 97.8 Å². The van der Waals surface area contributed by atoms with Crippen LogP contribution in [0.25, 0.3) is 11.5 Å². The number of hydrogen-bond acceptors (Lipinski definition) is 6. The van der Waals surface area contributed by atoms with Crippen LogP contribution in [0.15, 0.2) is 57.7 Å². The fraction of sp³-hybridized carbons (Fsp3) is 0.211. The van der Waals surface area contributed by atoms with E-state index in [1.807, 2.05) is 12.1 Å². The fourth-order valence-electron chi connectivity index (χ4n) is 3.60. The third-order valence-corrected chi connectivity index (χ3v) is 4.90. The first-order chi connectivity index (χ1) is 13.2. The maximum absolute atomic E-state index is 13.2. The van der Waals surface area contributed by atoms with Crippen LogP contribution in [0, 0.1) is 0 Å². The average molecular weight is 365 g/mol. The van der Waals surface area contributed by atoms with Crippen LogP contribution in [0.2, 0.25) is 0 Å². The van der Waals surface area contributed by atoms with Crippen LogP contribution in [0.5, 0.6) is 5.75 Å². The molecule has 3 amide bonds. The number of carbonyl (C=O) groups excluding carboxylic acids is 2. The normalized spacial score (nSPS) is 21.3. The molecule has 1 N–H and O–H groups in total. The van der Waals surface area contributed by atoms with Crippen LogP contribution in [-0.4, -0.2) is 28.6 Å². The quantitative estimate of drug-likeness (QED) is 0.717. The summed E-state index contributed by atoms with van der Waals surface area (Å²) in [5.41, 5.74) is 0.0373. The Kier molecular flexibility index (Phi) is 3.33. The van der Waals surface area contributed by atoms with Crippen LogP contribution in [0.4, 0.5) is 4.79 Å². The Hall–Kier alpha value is -3.55. The van der Waals surface area contributed by atoms with Crippen molar-refractivity contribution in [1.29, 1.82) is 0 Å². The molecule has 1 fully saturated rings. The highest BCUT2D eigenvalue weighted by Gasteiger charge is 2.54. The third-order valence-electron chi connectivity index (χ3n) is 4.90. The van der Waals surface area contributed by atoms with Crippen molar-refractivity contribution >= 4 is 11.9 Å². The minimum atomic E-state index is -1.10. The maximum atomic E-state index is 13.2. The van der Waals surface area contributed by atoms with Gasteiger partial charge in [-0.2, -0.15) is 0 Å². The number of nitrogens with one attached hydrogen (secondary N) is 1. The van der Waals surface area contributed by atoms with Crippen molar-refractivity contribution < 1.29 is 23.3 Å². The van der Waals surface area contributed by atoms with Crippen LogP contribution in [0.1, 0.15) is 17.7 Å². The molecule has 4 heterocycles. The molecule has 8 nitrogen and oxygen atoms in total. The molecule has 0 saturated carbocycles. The van der Waals surface area contributed by atoms with Gasteiger partial charge < -0.3 is 19.0 Å². The third kappa shape index (κ3) is 2.33. The minimum absolute atomic E-state index is 0.0135. The number of imide groups is 1. The molecule has 2 aliphatic rings. The summed E-state index contributed by atoms with van der Waals surface area (Å²) in [5, 5.41) is 6.81. The van der Waals surface area contributed by atoms with Gasteiger partial charge >= 0.3 is 6.03 Å². The first-order valence-corrected chi connectivity index (χ1v) is 8.53. The molecule has 0 aliphatic carbocycles. The summed E-state index contributed by atoms with van der Waals surface area (Å²) in [4.78, 5) is 26.9. The Bertz CT molecular complexity index is 1030. The van der Waals surface area contributed by atoms with Gasteiger partial charge in [0.2, 0.25) is 5.76 Å². The molecule has 1 unspecified atom stereocenters. The molecule has 2 aliphatic heterocycles. The Morgan fingerprint density at radius 3 is 2.89 bits per heavy atom. The molecule has 27 heavy (non-hydrogen) atoms. The molecule has 3 aromatic rings. The first-order valence-electron chi connectivity index (χ1n) is 8.53. The summed E-state index contributed by atoms with van der Waals surface area (Å²) < 4.78 is 16.1. The number of ether oxygens (including phenoxy) is 1. The van der Waals surface area contributed by atoms with Crippen LogP contribution in [0.3, 0.4) is 0 Å². The predicted molar refractivity (Wildman–Crippen MR) is 91.5 cm³/mol. The van der Waals surface area contributed by atoms with E-state index in [4.69, 9.17) is 13.7 Å². The molecule has 1 atom stereocenters. The van der Waals surface area contributed by atoms with Gasteiger partial charge in [-0.25, -0.2) is 4.79 Å². The lowest BCUT2D eigenvalue weighted by atomic mass is 9.84. The van der Waals surface area contributed by atoms with Crippen molar-refractivity contribution in [1.82, 2.24) is 15.4 Å². The Balaban J connectivity index is 1.44. The van der Waals surface area contributed by atoms with Crippen molar-refractivity contribution in [2.24, 2.45) is 0 Å². The van der Waals surface area contributed by atoms with E-state index in [-0.39, 0.29) is 12.5 Å². The van der Waals surface area contributed by atoms with Crippen molar-refractivity contribution in [3.05, 3.63) is 60.0 Å². The fourth-order valence-corrected chi connectivity index (χ4v) is 3.60. The number of furan rings is 1. The molecule has 2 aromatic heterocycles. The molecule has 0 bridgehead atoms. The van der Waals surface area contributed by atoms with E-state index < -0.39 is 11.6 Å². The standard InChI is InChI=1S/C19H15N3O5/c23-17-19(7-9-26-14-5-2-1-4-13(14)19)20-18(24)22(17)11-12-10-16(27-21-12)15-6-3-8-25-15/h1-6,8,10H,7,9,11H2,(H,20,24). The van der Waals surface area contributed by atoms with E-state index in [1.165, 1.54) is 6.26 Å². The molecule has 1 saturated heterocycles. The SMILES string of the molecule is O=C1NC2(CCOc3ccccc32)C(=O)N1Cc1cc(-c2ccco2)on1. The van der Waals surface area contributed by atoms with Crippen LogP contribution in [-0.2, 0) is 16.9 Å². The van der Waals surface area contributed by atoms with E-state index in [1.54, 1.807) is 30.3 Å². The van der Waals surface area contributed by atoms with Gasteiger partial charge in [0, 0.05) is 18.1 Å². The highest BCUT2D eigenvalue weighted by atomic mass is 16.5. The number of urea groups is 1. The van der Waals surface area contributed by atoms with E-state index in [0.717, 1.165) is 4.90 Å². The molecular weight excluding hydrogens is 350 g/mol. The number of amides is 3. The number of aromatic nitrogens is 1. The highest BCUT2D eigenvalue weighted by Crippen LogP contribution is 2.41. The monoisotopic (exact) mass is 365 g/mol. The number of nitrogens with zero attached hydrogens (tertiary/aromatic N) is 2. The molecule has 8 heteroatoms. The molecule has 1 aromatic carbocycles. The Morgan fingerprint density at radius 2 is 2.04 bits per heavy atom. The van der Waals surface area contributed by atoms with Gasteiger partial charge in [0.25, 0.3) is 5.91 Å². The second-order valence-corrected chi connectivity index (χ2v) is 6.48. The van der Waals surface area contributed by atoms with Gasteiger partial charge in [0.1, 0.15) is 11.4 Å². The van der Waals surface area contributed by atoms with Crippen molar-refractivity contribution in [3.8, 4) is 17.3 Å². The lowest BCUT2D eigenvalue weighted by molar-refractivity contribution is -0.133. The van der Waals surface area contributed by atoms with Gasteiger partial charge in [0.05, 0.1) is 19.4 Å². The summed E-state index contributed by atoms with van der Waals surface area (Å²) in [6.45, 7) is 0.364. The lowest BCUT2D eigenvalue weighted by Gasteiger charge is -2.33. The zero-order valence-electron chi connectivity index (χ0n) is 14.2. The molecule has 136 valence electrons. The lowest BCUT2D eigenvalue weighted by Crippen LogP contribution is -2.47. The summed E-state index contributed by atoms with van der Waals surface area (Å²) in [6, 6.07) is 11.9. The Labute approximate surface area is 153 Å². The highest BCUT2D eigenvalue weighted by molar-refractivity contribution is 6.07. The maximum Gasteiger partial charge on any atom is 0.325 e. The van der Waals surface area contributed by atoms with E-state index in [2.05, 4.69) is 10.5 Å². The summed E-state index contributed by atoms with van der Waals surface area (Å²) in [7, 11) is 0. The second-order valence-electron chi connectivity index (χ2n) is 6.48. The van der Waals surface area contributed by atoms with Gasteiger partial charge in [-0.15, -0.1) is 0 Å². The van der Waals surface area contributed by atoms with Crippen molar-refractivity contribution in [2.75, 3.05) is 6.61 Å². The van der Waals surface area contributed by atoms with Gasteiger partial charge in [-0.3, -0.25) is 9.69 Å². The van der Waals surface area contributed by atoms with Gasteiger partial charge in [-0.1, -0.05) is 23.4 Å². The Morgan fingerprint density at radius 1 is 1.15 bits per heavy atom. The van der Waals surface area contributed by atoms with Crippen molar-refractivity contribution in [2.45, 2.75) is 18.5 Å². The summed E-state index contributed by atoms with van der Waals surface area (Å²) in [6.07, 6.45) is 1.91. The average Bonchev–Trinajstić information content (AvgIpc) is 3.40. The summed E-state index contributed by atoms with van der Waals surface area (Å²) >= 11 is 0. The summed E-state index contributed by atoms with van der Waals surface area (Å²) in [5.74, 6) is 1.26. The molecule has 5 rings (SSSR count). The van der Waals surface area contributed by atoms with E-state index >= 15 is 0 Å². The molecule has 0 radical (unpaired) electrons. The number of para-hydroxylation sites is 1. The zero-order chi connectivity index (χ0) is 18.4. The number of rotatable bonds is 3. The minimum Gasteiger partial charge on any atom is -0.493 e. The number of fused-ring (bicyclic) bond motifs is 2. The molecule has 1 spiro atoms. The van der Waals surface area contributed by atoms with Gasteiger partial charge in [-0.05, 0) is 18.2 Å². The smallest absolute Gasteiger partial charge is 0.325 e. The zero-order valence-corrected chi connectivity index (χ0v) is 14.2.